The van der Waals surface area contributed by atoms with Gasteiger partial charge in [0.2, 0.25) is 11.9 Å². The lowest BCUT2D eigenvalue weighted by atomic mass is 9.97. The van der Waals surface area contributed by atoms with Crippen LogP contribution < -0.4 is 10.6 Å². The van der Waals surface area contributed by atoms with Crippen molar-refractivity contribution in [2.45, 2.75) is 32.4 Å². The van der Waals surface area contributed by atoms with Crippen LogP contribution in [0.15, 0.2) is 64.0 Å². The van der Waals surface area contributed by atoms with Crippen molar-refractivity contribution in [3.8, 4) is 0 Å². The second kappa shape index (κ2) is 9.38. The van der Waals surface area contributed by atoms with Gasteiger partial charge in [-0.05, 0) is 48.4 Å². The third-order valence-corrected chi connectivity index (χ3v) is 5.95. The topological polar surface area (TPSA) is 73.8 Å². The van der Waals surface area contributed by atoms with E-state index in [1.54, 1.807) is 36.6 Å². The number of hydrogen-bond acceptors (Lipinski definition) is 5. The van der Waals surface area contributed by atoms with Gasteiger partial charge in [0.25, 0.3) is 0 Å². The van der Waals surface area contributed by atoms with Gasteiger partial charge >= 0.3 is 0 Å². The molecule has 0 radical (unpaired) electrons. The fourth-order valence-corrected chi connectivity index (χ4v) is 4.06. The normalized spacial score (nSPS) is 21.6. The lowest BCUT2D eigenvalue weighted by Crippen LogP contribution is -2.31. The zero-order valence-electron chi connectivity index (χ0n) is 18.4. The van der Waals surface area contributed by atoms with E-state index in [0.29, 0.717) is 42.6 Å². The Morgan fingerprint density at radius 2 is 2.15 bits per heavy atom. The van der Waals surface area contributed by atoms with Crippen LogP contribution in [-0.2, 0) is 16.1 Å². The first kappa shape index (κ1) is 22.4. The van der Waals surface area contributed by atoms with Crippen LogP contribution in [0.25, 0.3) is 6.08 Å². The van der Waals surface area contributed by atoms with Crippen molar-refractivity contribution in [3.63, 3.8) is 0 Å². The van der Waals surface area contributed by atoms with E-state index in [-0.39, 0.29) is 17.3 Å². The average Bonchev–Trinajstić information content (AvgIpc) is 2.85. The summed E-state index contributed by atoms with van der Waals surface area (Å²) in [6.45, 7) is 2.82. The van der Waals surface area contributed by atoms with Gasteiger partial charge in [-0.3, -0.25) is 4.79 Å². The number of benzene rings is 1. The molecule has 0 spiro atoms. The minimum absolute atomic E-state index is 0.262. The molecule has 0 saturated carbocycles. The van der Waals surface area contributed by atoms with Crippen LogP contribution in [0, 0.1) is 5.82 Å². The van der Waals surface area contributed by atoms with Crippen LogP contribution in [-0.4, -0.2) is 42.3 Å². The molecule has 0 bridgehead atoms. The van der Waals surface area contributed by atoms with Crippen molar-refractivity contribution in [1.29, 1.82) is 0 Å². The second-order valence-corrected chi connectivity index (χ2v) is 7.94. The van der Waals surface area contributed by atoms with Crippen LogP contribution >= 0.6 is 0 Å². The predicted molar refractivity (Wildman–Crippen MR) is 124 cm³/mol. The number of halogens is 2. The van der Waals surface area contributed by atoms with Gasteiger partial charge in [-0.1, -0.05) is 25.1 Å². The molecule has 2 N–H and O–H groups in total. The molecule has 33 heavy (non-hydrogen) atoms. The number of aliphatic imine (C=N–C) groups is 1. The van der Waals surface area contributed by atoms with Crippen LogP contribution in [0.3, 0.4) is 0 Å². The van der Waals surface area contributed by atoms with Crippen molar-refractivity contribution >= 4 is 29.6 Å². The third kappa shape index (κ3) is 4.43. The lowest BCUT2D eigenvalue weighted by Gasteiger charge is -2.27. The van der Waals surface area contributed by atoms with Crippen LogP contribution in [0.2, 0.25) is 0 Å². The number of amides is 1. The number of carbonyl (C=O) groups is 1. The quantitative estimate of drug-likeness (QED) is 0.684. The number of nitrogens with one attached hydrogen (secondary N) is 2. The molecule has 170 valence electrons. The molecule has 3 aliphatic rings. The first-order valence-electron chi connectivity index (χ1n) is 10.8. The third-order valence-electron chi connectivity index (χ3n) is 5.95. The molecule has 1 amide bonds. The zero-order chi connectivity index (χ0) is 23.5. The molecule has 1 aromatic carbocycles. The van der Waals surface area contributed by atoms with Crippen LogP contribution in [0.1, 0.15) is 30.9 Å². The number of nitrogens with zero attached hydrogens (tertiary/aromatic N) is 2. The van der Waals surface area contributed by atoms with Gasteiger partial charge in [-0.2, -0.15) is 4.39 Å². The summed E-state index contributed by atoms with van der Waals surface area (Å²) in [7, 11) is 1.48. The summed E-state index contributed by atoms with van der Waals surface area (Å²) >= 11 is 0. The fourth-order valence-electron chi connectivity index (χ4n) is 4.06. The average molecular weight is 450 g/mol. The second-order valence-electron chi connectivity index (χ2n) is 7.94. The summed E-state index contributed by atoms with van der Waals surface area (Å²) < 4.78 is 29.7. The maximum Gasteiger partial charge on any atom is 0.248 e. The molecule has 3 heterocycles. The molecule has 3 aliphatic heterocycles. The number of rotatable bonds is 4. The Labute approximate surface area is 190 Å². The molecule has 6 nitrogen and oxygen atoms in total. The fraction of sp³-hybridized carbons (Fsp3) is 0.280. The molecule has 4 rings (SSSR count). The number of dihydropyridines is 1. The summed E-state index contributed by atoms with van der Waals surface area (Å²) in [4.78, 5) is 28.7. The molecule has 8 heteroatoms. The molecule has 1 atom stereocenters. The van der Waals surface area contributed by atoms with E-state index in [0.717, 1.165) is 11.1 Å². The number of hydrogen-bond donors (Lipinski definition) is 2. The highest BCUT2D eigenvalue weighted by molar-refractivity contribution is 6.00. The maximum absolute atomic E-state index is 15.2. The summed E-state index contributed by atoms with van der Waals surface area (Å²) in [5.41, 5.74) is 3.65. The largest absolute Gasteiger partial charge is 0.373 e. The molecule has 1 aromatic rings. The Balaban J connectivity index is 1.51. The van der Waals surface area contributed by atoms with Gasteiger partial charge in [-0.25, -0.2) is 14.2 Å². The maximum atomic E-state index is 15.2. The number of allylic oxidation sites excluding steroid dienone is 4. The van der Waals surface area contributed by atoms with E-state index in [4.69, 9.17) is 0 Å². The summed E-state index contributed by atoms with van der Waals surface area (Å²) in [6, 6.07) is 2.72. The molecular formula is C25H24F2N4O2. The van der Waals surface area contributed by atoms with Crippen molar-refractivity contribution in [1.82, 2.24) is 10.2 Å². The van der Waals surface area contributed by atoms with Crippen molar-refractivity contribution in [3.05, 3.63) is 75.9 Å². The molecule has 0 aliphatic carbocycles. The standard InChI is InChI=1S/C25H24F2N4O2/c1-3-15-12-17-4-5-18(22(26)23(17)29-21(15)14-32)13-31-10-8-16(9-11-31)19-6-7-20(25(33)28-2)30-24(19)27/h4-8,10,12,20,29H,3,9,11,13H2,1-2H3,(H,28,33). The summed E-state index contributed by atoms with van der Waals surface area (Å²) in [5.74, 6) is 0.418. The highest BCUT2D eigenvalue weighted by atomic mass is 19.1. The summed E-state index contributed by atoms with van der Waals surface area (Å²) in [5, 5.41) is 5.33. The minimum atomic E-state index is -0.859. The monoisotopic (exact) mass is 450 g/mol. The van der Waals surface area contributed by atoms with Gasteiger partial charge in [0, 0.05) is 36.8 Å². The van der Waals surface area contributed by atoms with Crippen molar-refractivity contribution in [2.24, 2.45) is 4.99 Å². The van der Waals surface area contributed by atoms with E-state index in [9.17, 15) is 14.0 Å². The smallest absolute Gasteiger partial charge is 0.248 e. The Hall–Kier alpha value is -3.77. The van der Waals surface area contributed by atoms with E-state index in [2.05, 4.69) is 15.6 Å². The van der Waals surface area contributed by atoms with E-state index in [1.807, 2.05) is 23.8 Å². The zero-order valence-corrected chi connectivity index (χ0v) is 18.4. The van der Waals surface area contributed by atoms with Gasteiger partial charge in [0.1, 0.15) is 11.7 Å². The van der Waals surface area contributed by atoms with Crippen LogP contribution in [0.4, 0.5) is 14.5 Å². The Kier molecular flexibility index (Phi) is 6.38. The Bertz CT molecular complexity index is 1200. The van der Waals surface area contributed by atoms with Gasteiger partial charge in [0.05, 0.1) is 5.69 Å². The van der Waals surface area contributed by atoms with E-state index in [1.165, 1.54) is 7.05 Å². The Morgan fingerprint density at radius 3 is 2.79 bits per heavy atom. The highest BCUT2D eigenvalue weighted by Crippen LogP contribution is 2.34. The van der Waals surface area contributed by atoms with Crippen molar-refractivity contribution < 1.29 is 18.4 Å². The number of likely N-dealkylation sites (N-methyl/N-ethyl adjacent to an activating group) is 1. The SMILES string of the molecule is CCC1=Cc2ccc(CN3C=CC(=C4C=CC(C(=O)NC)N=C4F)CC3)c(F)c2NC1=C=O. The van der Waals surface area contributed by atoms with E-state index < -0.39 is 17.8 Å². The van der Waals surface area contributed by atoms with E-state index >= 15 is 4.39 Å². The lowest BCUT2D eigenvalue weighted by molar-refractivity contribution is -0.120. The van der Waals surface area contributed by atoms with Crippen LogP contribution in [0.5, 0.6) is 0 Å². The van der Waals surface area contributed by atoms with Gasteiger partial charge < -0.3 is 15.5 Å². The molecule has 0 aromatic heterocycles. The van der Waals surface area contributed by atoms with Gasteiger partial charge in [-0.15, -0.1) is 0 Å². The molecule has 0 saturated heterocycles. The molecular weight excluding hydrogens is 426 g/mol. The number of anilines is 1. The first-order chi connectivity index (χ1) is 15.9. The van der Waals surface area contributed by atoms with Gasteiger partial charge in [0.15, 0.2) is 11.8 Å². The molecule has 0 fully saturated rings. The number of fused-ring (bicyclic) bond motifs is 1. The van der Waals surface area contributed by atoms with Crippen molar-refractivity contribution in [2.75, 3.05) is 18.9 Å². The minimum Gasteiger partial charge on any atom is -0.373 e. The predicted octanol–water partition coefficient (Wildman–Crippen LogP) is 3.83. The summed E-state index contributed by atoms with van der Waals surface area (Å²) in [6.07, 6.45) is 9.75. The number of carbonyl (C=O) groups excluding carboxylic acids is 2. The highest BCUT2D eigenvalue weighted by Gasteiger charge is 2.24. The first-order valence-corrected chi connectivity index (χ1v) is 10.8. The Morgan fingerprint density at radius 1 is 1.33 bits per heavy atom. The molecule has 1 unspecified atom stereocenters.